The minimum absolute atomic E-state index is 0.174. The van der Waals surface area contributed by atoms with E-state index < -0.39 is 12.0 Å². The Balaban J connectivity index is 1.77. The van der Waals surface area contributed by atoms with Gasteiger partial charge in [0.25, 0.3) is 0 Å². The number of hydrogen-bond acceptors (Lipinski definition) is 4. The smallest absolute Gasteiger partial charge is 0.410 e. The normalized spacial score (nSPS) is 16.0. The molecule has 7 nitrogen and oxygen atoms in total. The lowest BCUT2D eigenvalue weighted by Crippen LogP contribution is -2.48. The van der Waals surface area contributed by atoms with Crippen LogP contribution in [0.1, 0.15) is 38.7 Å². The van der Waals surface area contributed by atoms with Gasteiger partial charge in [0.2, 0.25) is 5.91 Å². The maximum Gasteiger partial charge on any atom is 0.410 e. The minimum Gasteiger partial charge on any atom is -0.480 e. The van der Waals surface area contributed by atoms with Crippen LogP contribution in [0.4, 0.5) is 4.79 Å². The fourth-order valence-electron chi connectivity index (χ4n) is 3.12. The maximum absolute atomic E-state index is 12.4. The molecule has 0 radical (unpaired) electrons. The molecule has 2 rings (SSSR count). The Bertz CT molecular complexity index is 639. The van der Waals surface area contributed by atoms with Gasteiger partial charge in [-0.05, 0) is 30.7 Å². The van der Waals surface area contributed by atoms with Crippen LogP contribution in [0, 0.1) is 11.8 Å². The molecule has 2 amide bonds. The molecule has 0 spiro atoms. The fourth-order valence-corrected chi connectivity index (χ4v) is 3.12. The van der Waals surface area contributed by atoms with E-state index >= 15 is 0 Å². The molecular weight excluding hydrogens is 348 g/mol. The third kappa shape index (κ3) is 6.58. The molecule has 1 aromatic rings. The third-order valence-electron chi connectivity index (χ3n) is 4.65. The van der Waals surface area contributed by atoms with Crippen molar-refractivity contribution in [1.82, 2.24) is 10.2 Å². The SMILES string of the molecule is CC(C)CC(NC(=O)C1CCN(C(=O)OCc2ccccc2)CC1)C(=O)O. The van der Waals surface area contributed by atoms with Crippen LogP contribution in [0.5, 0.6) is 0 Å². The Hall–Kier alpha value is -2.57. The van der Waals surface area contributed by atoms with Crippen molar-refractivity contribution in [2.45, 2.75) is 45.8 Å². The number of rotatable bonds is 7. The number of nitrogens with one attached hydrogen (secondary N) is 1. The quantitative estimate of drug-likeness (QED) is 0.763. The van der Waals surface area contributed by atoms with E-state index in [1.807, 2.05) is 44.2 Å². The van der Waals surface area contributed by atoms with E-state index in [9.17, 15) is 19.5 Å². The lowest BCUT2D eigenvalue weighted by molar-refractivity contribution is -0.143. The molecule has 1 atom stereocenters. The number of carboxylic acid groups (broad SMARTS) is 1. The van der Waals surface area contributed by atoms with E-state index in [2.05, 4.69) is 5.32 Å². The molecular formula is C20H28N2O5. The summed E-state index contributed by atoms with van der Waals surface area (Å²) in [6, 6.07) is 8.58. The molecule has 0 aromatic heterocycles. The lowest BCUT2D eigenvalue weighted by Gasteiger charge is -2.31. The van der Waals surface area contributed by atoms with E-state index in [1.54, 1.807) is 4.90 Å². The Morgan fingerprint density at radius 3 is 2.37 bits per heavy atom. The van der Waals surface area contributed by atoms with Gasteiger partial charge in [-0.1, -0.05) is 44.2 Å². The average molecular weight is 376 g/mol. The zero-order valence-corrected chi connectivity index (χ0v) is 15.9. The van der Waals surface area contributed by atoms with Gasteiger partial charge in [-0.3, -0.25) is 4.79 Å². The predicted molar refractivity (Wildman–Crippen MR) is 99.9 cm³/mol. The highest BCUT2D eigenvalue weighted by Gasteiger charge is 2.30. The predicted octanol–water partition coefficient (Wildman–Crippen LogP) is 2.65. The number of nitrogens with zero attached hydrogens (tertiary/aromatic N) is 1. The van der Waals surface area contributed by atoms with Crippen LogP contribution >= 0.6 is 0 Å². The first kappa shape index (κ1) is 20.7. The van der Waals surface area contributed by atoms with Gasteiger partial charge >= 0.3 is 12.1 Å². The largest absolute Gasteiger partial charge is 0.480 e. The number of likely N-dealkylation sites (tertiary alicyclic amines) is 1. The van der Waals surface area contributed by atoms with E-state index in [0.29, 0.717) is 32.4 Å². The summed E-state index contributed by atoms with van der Waals surface area (Å²) in [5, 5.41) is 11.9. The zero-order chi connectivity index (χ0) is 19.8. The molecule has 0 saturated carbocycles. The van der Waals surface area contributed by atoms with Gasteiger partial charge in [0, 0.05) is 19.0 Å². The number of ether oxygens (including phenoxy) is 1. The number of benzene rings is 1. The van der Waals surface area contributed by atoms with Gasteiger partial charge < -0.3 is 20.1 Å². The molecule has 0 bridgehead atoms. The van der Waals surface area contributed by atoms with Gasteiger partial charge in [-0.2, -0.15) is 0 Å². The summed E-state index contributed by atoms with van der Waals surface area (Å²) in [6.07, 6.45) is 1.01. The number of carboxylic acids is 1. The second-order valence-corrected chi connectivity index (χ2v) is 7.33. The Morgan fingerprint density at radius 2 is 1.81 bits per heavy atom. The van der Waals surface area contributed by atoms with Crippen molar-refractivity contribution in [3.05, 3.63) is 35.9 Å². The summed E-state index contributed by atoms with van der Waals surface area (Å²) >= 11 is 0. The van der Waals surface area contributed by atoms with E-state index in [4.69, 9.17) is 4.74 Å². The van der Waals surface area contributed by atoms with Crippen LogP contribution in [-0.4, -0.2) is 47.1 Å². The fraction of sp³-hybridized carbons (Fsp3) is 0.550. The van der Waals surface area contributed by atoms with Crippen molar-refractivity contribution in [2.75, 3.05) is 13.1 Å². The highest BCUT2D eigenvalue weighted by Crippen LogP contribution is 2.19. The third-order valence-corrected chi connectivity index (χ3v) is 4.65. The van der Waals surface area contributed by atoms with Gasteiger partial charge in [-0.15, -0.1) is 0 Å². The van der Waals surface area contributed by atoms with Gasteiger partial charge in [0.1, 0.15) is 12.6 Å². The average Bonchev–Trinajstić information content (AvgIpc) is 2.66. The minimum atomic E-state index is -1.01. The van der Waals surface area contributed by atoms with Crippen LogP contribution in [0.15, 0.2) is 30.3 Å². The number of piperidine rings is 1. The van der Waals surface area contributed by atoms with Crippen LogP contribution in [0.25, 0.3) is 0 Å². The first-order chi connectivity index (χ1) is 12.9. The molecule has 148 valence electrons. The molecule has 27 heavy (non-hydrogen) atoms. The Morgan fingerprint density at radius 1 is 1.19 bits per heavy atom. The zero-order valence-electron chi connectivity index (χ0n) is 15.9. The summed E-state index contributed by atoms with van der Waals surface area (Å²) in [6.45, 7) is 4.90. The van der Waals surface area contributed by atoms with Gasteiger partial charge in [-0.25, -0.2) is 9.59 Å². The number of amides is 2. The van der Waals surface area contributed by atoms with E-state index in [0.717, 1.165) is 5.56 Å². The maximum atomic E-state index is 12.4. The van der Waals surface area contributed by atoms with E-state index in [-0.39, 0.29) is 30.4 Å². The molecule has 1 fully saturated rings. The first-order valence-corrected chi connectivity index (χ1v) is 9.35. The van der Waals surface area contributed by atoms with Crippen molar-refractivity contribution in [3.8, 4) is 0 Å². The second-order valence-electron chi connectivity index (χ2n) is 7.33. The summed E-state index contributed by atoms with van der Waals surface area (Å²) in [7, 11) is 0. The van der Waals surface area contributed by atoms with Crippen molar-refractivity contribution in [3.63, 3.8) is 0 Å². The molecule has 1 heterocycles. The summed E-state index contributed by atoms with van der Waals surface area (Å²) < 4.78 is 5.31. The summed E-state index contributed by atoms with van der Waals surface area (Å²) in [4.78, 5) is 37.4. The topological polar surface area (TPSA) is 95.9 Å². The van der Waals surface area contributed by atoms with Crippen LogP contribution in [0.3, 0.4) is 0 Å². The highest BCUT2D eigenvalue weighted by molar-refractivity contribution is 5.85. The van der Waals surface area contributed by atoms with Crippen molar-refractivity contribution < 1.29 is 24.2 Å². The van der Waals surface area contributed by atoms with Crippen LogP contribution in [0.2, 0.25) is 0 Å². The second kappa shape index (κ2) is 9.94. The molecule has 0 aliphatic carbocycles. The number of carbonyl (C=O) groups excluding carboxylic acids is 2. The highest BCUT2D eigenvalue weighted by atomic mass is 16.6. The van der Waals surface area contributed by atoms with Crippen molar-refractivity contribution >= 4 is 18.0 Å². The molecule has 2 N–H and O–H groups in total. The lowest BCUT2D eigenvalue weighted by atomic mass is 9.95. The molecule has 1 saturated heterocycles. The van der Waals surface area contributed by atoms with Crippen molar-refractivity contribution in [1.29, 1.82) is 0 Å². The number of carbonyl (C=O) groups is 3. The molecule has 7 heteroatoms. The number of aliphatic carboxylic acids is 1. The molecule has 1 aliphatic heterocycles. The molecule has 1 unspecified atom stereocenters. The molecule has 1 aromatic carbocycles. The van der Waals surface area contributed by atoms with Crippen LogP contribution in [-0.2, 0) is 20.9 Å². The van der Waals surface area contributed by atoms with Gasteiger partial charge in [0.15, 0.2) is 0 Å². The van der Waals surface area contributed by atoms with Gasteiger partial charge in [0.05, 0.1) is 0 Å². The van der Waals surface area contributed by atoms with Crippen LogP contribution < -0.4 is 5.32 Å². The first-order valence-electron chi connectivity index (χ1n) is 9.35. The van der Waals surface area contributed by atoms with E-state index in [1.165, 1.54) is 0 Å². The Kier molecular flexibility index (Phi) is 7.64. The molecule has 1 aliphatic rings. The Labute approximate surface area is 159 Å². The summed E-state index contributed by atoms with van der Waals surface area (Å²) in [5.74, 6) is -1.37. The summed E-state index contributed by atoms with van der Waals surface area (Å²) in [5.41, 5.74) is 0.921. The van der Waals surface area contributed by atoms with Crippen molar-refractivity contribution in [2.24, 2.45) is 11.8 Å². The standard InChI is InChI=1S/C20H28N2O5/c1-14(2)12-17(19(24)25)21-18(23)16-8-10-22(11-9-16)20(26)27-13-15-6-4-3-5-7-15/h3-7,14,16-17H,8-13H2,1-2H3,(H,21,23)(H,24,25). The number of hydrogen-bond donors (Lipinski definition) is 2. The monoisotopic (exact) mass is 376 g/mol.